The molecule has 1 aliphatic rings. The molecule has 1 aliphatic carbocycles. The fourth-order valence-corrected chi connectivity index (χ4v) is 3.27. The van der Waals surface area contributed by atoms with Crippen molar-refractivity contribution >= 4 is 17.2 Å². The van der Waals surface area contributed by atoms with Crippen molar-refractivity contribution in [1.29, 1.82) is 0 Å². The van der Waals surface area contributed by atoms with Crippen LogP contribution in [0.25, 0.3) is 0 Å². The molecule has 5 heteroatoms. The monoisotopic (exact) mass is 316 g/mol. The number of thiazole rings is 1. The van der Waals surface area contributed by atoms with Gasteiger partial charge >= 0.3 is 0 Å². The smallest absolute Gasteiger partial charge is 0.251 e. The molecule has 4 nitrogen and oxygen atoms in total. The van der Waals surface area contributed by atoms with Gasteiger partial charge in [0.25, 0.3) is 5.91 Å². The third-order valence-corrected chi connectivity index (χ3v) is 4.68. The van der Waals surface area contributed by atoms with E-state index in [1.54, 1.807) is 11.3 Å². The Kier molecular flexibility index (Phi) is 4.73. The Hall–Kier alpha value is -1.88. The lowest BCUT2D eigenvalue weighted by atomic mass is 10.1. The Bertz CT molecular complexity index is 630. The topological polar surface area (TPSA) is 51.2 Å². The molecule has 0 aliphatic heterocycles. The van der Waals surface area contributed by atoms with E-state index in [9.17, 15) is 4.79 Å². The molecule has 1 heterocycles. The van der Waals surface area contributed by atoms with Crippen LogP contribution in [0.2, 0.25) is 0 Å². The summed E-state index contributed by atoms with van der Waals surface area (Å²) in [6.45, 7) is 2.43. The van der Waals surface area contributed by atoms with E-state index in [0.717, 1.165) is 29.3 Å². The Morgan fingerprint density at radius 1 is 1.32 bits per heavy atom. The molecule has 1 aromatic carbocycles. The average molecular weight is 316 g/mol. The van der Waals surface area contributed by atoms with Crippen LogP contribution in [0, 0.1) is 6.92 Å². The van der Waals surface area contributed by atoms with Gasteiger partial charge in [-0.25, -0.2) is 4.98 Å². The zero-order valence-electron chi connectivity index (χ0n) is 12.7. The second-order valence-electron chi connectivity index (χ2n) is 5.63. The zero-order valence-corrected chi connectivity index (χ0v) is 13.5. The van der Waals surface area contributed by atoms with Crippen molar-refractivity contribution in [2.45, 2.75) is 45.3 Å². The number of aromatic nitrogens is 1. The number of nitrogens with one attached hydrogen (secondary N) is 1. The van der Waals surface area contributed by atoms with Crippen LogP contribution in [0.4, 0.5) is 0 Å². The number of carbonyl (C=O) groups is 1. The Morgan fingerprint density at radius 2 is 2.05 bits per heavy atom. The van der Waals surface area contributed by atoms with Crippen LogP contribution in [0.5, 0.6) is 5.75 Å². The number of rotatable bonds is 5. The Balaban J connectivity index is 1.54. The van der Waals surface area contributed by atoms with Gasteiger partial charge in [-0.2, -0.15) is 0 Å². The molecule has 0 atom stereocenters. The molecule has 0 radical (unpaired) electrons. The molecule has 2 aromatic rings. The summed E-state index contributed by atoms with van der Waals surface area (Å²) in [6.07, 6.45) is 4.63. The minimum Gasteiger partial charge on any atom is -0.487 e. The number of aryl methyl sites for hydroxylation is 1. The SMILES string of the molecule is Cc1nc(COc2ccc(C(=O)NC3CCCC3)cc2)cs1. The van der Waals surface area contributed by atoms with Crippen molar-refractivity contribution in [1.82, 2.24) is 10.3 Å². The summed E-state index contributed by atoms with van der Waals surface area (Å²) in [7, 11) is 0. The van der Waals surface area contributed by atoms with E-state index < -0.39 is 0 Å². The van der Waals surface area contributed by atoms with Gasteiger partial charge in [0, 0.05) is 17.0 Å². The van der Waals surface area contributed by atoms with Gasteiger partial charge < -0.3 is 10.1 Å². The second-order valence-corrected chi connectivity index (χ2v) is 6.69. The minimum absolute atomic E-state index is 0.00794. The third-order valence-electron chi connectivity index (χ3n) is 3.86. The highest BCUT2D eigenvalue weighted by Gasteiger charge is 2.17. The van der Waals surface area contributed by atoms with Crippen molar-refractivity contribution in [3.05, 3.63) is 45.9 Å². The van der Waals surface area contributed by atoms with E-state index in [0.29, 0.717) is 18.2 Å². The lowest BCUT2D eigenvalue weighted by Gasteiger charge is -2.12. The summed E-state index contributed by atoms with van der Waals surface area (Å²) >= 11 is 1.62. The maximum Gasteiger partial charge on any atom is 0.251 e. The fraction of sp³-hybridized carbons (Fsp3) is 0.412. The van der Waals surface area contributed by atoms with Gasteiger partial charge in [-0.05, 0) is 44.0 Å². The molecular weight excluding hydrogens is 296 g/mol. The van der Waals surface area contributed by atoms with E-state index in [1.165, 1.54) is 12.8 Å². The normalized spacial score (nSPS) is 15.0. The van der Waals surface area contributed by atoms with Crippen LogP contribution in [-0.4, -0.2) is 16.9 Å². The first-order valence-corrected chi connectivity index (χ1v) is 8.53. The zero-order chi connectivity index (χ0) is 15.4. The van der Waals surface area contributed by atoms with Crippen molar-refractivity contribution in [3.63, 3.8) is 0 Å². The predicted octanol–water partition coefficient (Wildman–Crippen LogP) is 3.70. The van der Waals surface area contributed by atoms with E-state index in [2.05, 4.69) is 10.3 Å². The second kappa shape index (κ2) is 6.92. The van der Waals surface area contributed by atoms with Crippen LogP contribution in [0.3, 0.4) is 0 Å². The quantitative estimate of drug-likeness (QED) is 0.915. The molecule has 116 valence electrons. The maximum atomic E-state index is 12.1. The molecule has 0 bridgehead atoms. The van der Waals surface area contributed by atoms with Crippen LogP contribution in [-0.2, 0) is 6.61 Å². The lowest BCUT2D eigenvalue weighted by Crippen LogP contribution is -2.32. The third kappa shape index (κ3) is 3.85. The van der Waals surface area contributed by atoms with Gasteiger partial charge in [0.1, 0.15) is 12.4 Å². The number of benzene rings is 1. The van der Waals surface area contributed by atoms with E-state index in [4.69, 9.17) is 4.74 Å². The largest absolute Gasteiger partial charge is 0.487 e. The molecular formula is C17H20N2O2S. The van der Waals surface area contributed by atoms with Gasteiger partial charge in [-0.1, -0.05) is 12.8 Å². The molecule has 1 saturated carbocycles. The first-order chi connectivity index (χ1) is 10.7. The Labute approximate surface area is 134 Å². The molecule has 0 unspecified atom stereocenters. The first kappa shape index (κ1) is 15.0. The summed E-state index contributed by atoms with van der Waals surface area (Å²) in [4.78, 5) is 16.5. The van der Waals surface area contributed by atoms with Gasteiger partial charge in [-0.3, -0.25) is 4.79 Å². The number of amides is 1. The number of carbonyl (C=O) groups excluding carboxylic acids is 1. The van der Waals surface area contributed by atoms with Gasteiger partial charge in [0.2, 0.25) is 0 Å². The lowest BCUT2D eigenvalue weighted by molar-refractivity contribution is 0.0938. The van der Waals surface area contributed by atoms with Crippen molar-refractivity contribution in [2.24, 2.45) is 0 Å². The van der Waals surface area contributed by atoms with Gasteiger partial charge in [0.05, 0.1) is 10.7 Å². The fourth-order valence-electron chi connectivity index (χ4n) is 2.67. The first-order valence-electron chi connectivity index (χ1n) is 7.65. The van der Waals surface area contributed by atoms with Crippen LogP contribution >= 0.6 is 11.3 Å². The minimum atomic E-state index is 0.00794. The molecule has 3 rings (SSSR count). The Morgan fingerprint density at radius 3 is 2.68 bits per heavy atom. The standard InChI is InChI=1S/C17H20N2O2S/c1-12-18-15(11-22-12)10-21-16-8-6-13(7-9-16)17(20)19-14-4-2-3-5-14/h6-9,11,14H,2-5,10H2,1H3,(H,19,20). The summed E-state index contributed by atoms with van der Waals surface area (Å²) in [5, 5.41) is 6.12. The number of nitrogens with zero attached hydrogens (tertiary/aromatic N) is 1. The van der Waals surface area contributed by atoms with Crippen LogP contribution in [0.15, 0.2) is 29.6 Å². The summed E-state index contributed by atoms with van der Waals surface area (Å²) in [5.41, 5.74) is 1.62. The van der Waals surface area contributed by atoms with Gasteiger partial charge in [0.15, 0.2) is 0 Å². The summed E-state index contributed by atoms with van der Waals surface area (Å²) < 4.78 is 5.69. The number of hydrogen-bond acceptors (Lipinski definition) is 4. The van der Waals surface area contributed by atoms with Gasteiger partial charge in [-0.15, -0.1) is 11.3 Å². The molecule has 0 spiro atoms. The molecule has 22 heavy (non-hydrogen) atoms. The number of hydrogen-bond donors (Lipinski definition) is 1. The molecule has 1 N–H and O–H groups in total. The molecule has 1 fully saturated rings. The molecule has 1 aromatic heterocycles. The predicted molar refractivity (Wildman–Crippen MR) is 87.3 cm³/mol. The summed E-state index contributed by atoms with van der Waals surface area (Å²) in [5.74, 6) is 0.761. The van der Waals surface area contributed by atoms with Crippen molar-refractivity contribution < 1.29 is 9.53 Å². The van der Waals surface area contributed by atoms with E-state index in [1.807, 2.05) is 36.6 Å². The highest BCUT2D eigenvalue weighted by molar-refractivity contribution is 7.09. The van der Waals surface area contributed by atoms with Crippen LogP contribution in [0.1, 0.15) is 46.7 Å². The van der Waals surface area contributed by atoms with E-state index in [-0.39, 0.29) is 5.91 Å². The van der Waals surface area contributed by atoms with Crippen molar-refractivity contribution in [3.8, 4) is 5.75 Å². The van der Waals surface area contributed by atoms with Crippen molar-refractivity contribution in [2.75, 3.05) is 0 Å². The molecule has 1 amide bonds. The number of ether oxygens (including phenoxy) is 1. The highest BCUT2D eigenvalue weighted by atomic mass is 32.1. The summed E-state index contributed by atoms with van der Waals surface area (Å²) in [6, 6.07) is 7.64. The van der Waals surface area contributed by atoms with E-state index >= 15 is 0 Å². The highest BCUT2D eigenvalue weighted by Crippen LogP contribution is 2.19. The maximum absolute atomic E-state index is 12.1. The molecule has 0 saturated heterocycles. The van der Waals surface area contributed by atoms with Crippen LogP contribution < -0.4 is 10.1 Å². The average Bonchev–Trinajstić information content (AvgIpc) is 3.17.